The third-order valence-electron chi connectivity index (χ3n) is 4.62. The van der Waals surface area contributed by atoms with Crippen molar-refractivity contribution >= 4 is 17.7 Å². The van der Waals surface area contributed by atoms with Gasteiger partial charge in [-0.2, -0.15) is 11.8 Å². The summed E-state index contributed by atoms with van der Waals surface area (Å²) in [6.45, 7) is 13.4. The summed E-state index contributed by atoms with van der Waals surface area (Å²) >= 11 is 1.89. The first-order valence-electron chi connectivity index (χ1n) is 8.38. The van der Waals surface area contributed by atoms with Crippen LogP contribution in [0.25, 0.3) is 0 Å². The summed E-state index contributed by atoms with van der Waals surface area (Å²) < 4.78 is 0.217. The van der Waals surface area contributed by atoms with Crippen LogP contribution in [-0.4, -0.2) is 72.1 Å². The molecule has 2 aliphatic heterocycles. The van der Waals surface area contributed by atoms with Crippen LogP contribution < -0.4 is 5.32 Å². The van der Waals surface area contributed by atoms with Crippen LogP contribution >= 0.6 is 11.8 Å². The molecular weight excluding hydrogens is 280 g/mol. The molecule has 5 heteroatoms. The van der Waals surface area contributed by atoms with E-state index < -0.39 is 0 Å². The standard InChI is InChI=1S/C16H32N4S/c1-5-17-15(18-13-16(2,3)21-4)20-11-8-14(12-20)19-9-6-7-10-19/h14H,5-13H2,1-4H3,(H,17,18). The minimum Gasteiger partial charge on any atom is -0.357 e. The third kappa shape index (κ3) is 4.78. The van der Waals surface area contributed by atoms with E-state index in [-0.39, 0.29) is 4.75 Å². The van der Waals surface area contributed by atoms with Gasteiger partial charge < -0.3 is 10.2 Å². The van der Waals surface area contributed by atoms with E-state index in [0.717, 1.165) is 38.2 Å². The highest BCUT2D eigenvalue weighted by Gasteiger charge is 2.30. The van der Waals surface area contributed by atoms with Crippen molar-refractivity contribution in [3.05, 3.63) is 0 Å². The number of hydrogen-bond acceptors (Lipinski definition) is 3. The highest BCUT2D eigenvalue weighted by Crippen LogP contribution is 2.23. The highest BCUT2D eigenvalue weighted by molar-refractivity contribution is 7.99. The minimum atomic E-state index is 0.217. The van der Waals surface area contributed by atoms with Crippen LogP contribution in [0.2, 0.25) is 0 Å². The van der Waals surface area contributed by atoms with E-state index in [0.29, 0.717) is 0 Å². The Morgan fingerprint density at radius 2 is 2.00 bits per heavy atom. The van der Waals surface area contributed by atoms with E-state index in [9.17, 15) is 0 Å². The molecule has 21 heavy (non-hydrogen) atoms. The molecule has 2 aliphatic rings. The maximum Gasteiger partial charge on any atom is 0.194 e. The quantitative estimate of drug-likeness (QED) is 0.623. The molecule has 1 N–H and O–H groups in total. The first kappa shape index (κ1) is 16.9. The minimum absolute atomic E-state index is 0.217. The molecule has 0 saturated carbocycles. The number of likely N-dealkylation sites (tertiary alicyclic amines) is 2. The van der Waals surface area contributed by atoms with Crippen LogP contribution in [0.3, 0.4) is 0 Å². The van der Waals surface area contributed by atoms with Crippen LogP contribution in [-0.2, 0) is 0 Å². The van der Waals surface area contributed by atoms with Gasteiger partial charge >= 0.3 is 0 Å². The van der Waals surface area contributed by atoms with Gasteiger partial charge in [0, 0.05) is 30.4 Å². The molecule has 0 spiro atoms. The third-order valence-corrected chi connectivity index (χ3v) is 5.85. The van der Waals surface area contributed by atoms with Crippen LogP contribution in [0.5, 0.6) is 0 Å². The van der Waals surface area contributed by atoms with Crippen LogP contribution in [0, 0.1) is 0 Å². The highest BCUT2D eigenvalue weighted by atomic mass is 32.2. The number of guanidine groups is 1. The second kappa shape index (κ2) is 7.73. The SMILES string of the molecule is CCNC(=NCC(C)(C)SC)N1CCC(N2CCCC2)C1. The number of rotatable bonds is 5. The van der Waals surface area contributed by atoms with Crippen LogP contribution in [0.1, 0.15) is 40.0 Å². The number of nitrogens with zero attached hydrogens (tertiary/aromatic N) is 3. The van der Waals surface area contributed by atoms with Gasteiger partial charge in [0.1, 0.15) is 0 Å². The molecule has 1 unspecified atom stereocenters. The molecule has 2 fully saturated rings. The smallest absolute Gasteiger partial charge is 0.194 e. The number of hydrogen-bond donors (Lipinski definition) is 1. The Labute approximate surface area is 134 Å². The first-order chi connectivity index (χ1) is 10.1. The Bertz CT molecular complexity index is 350. The van der Waals surface area contributed by atoms with E-state index >= 15 is 0 Å². The lowest BCUT2D eigenvalue weighted by atomic mass is 10.2. The van der Waals surface area contributed by atoms with Crippen LogP contribution in [0.15, 0.2) is 4.99 Å². The van der Waals surface area contributed by atoms with E-state index in [1.165, 1.54) is 32.4 Å². The summed E-state index contributed by atoms with van der Waals surface area (Å²) in [5.41, 5.74) is 0. The van der Waals surface area contributed by atoms with Crippen molar-refractivity contribution < 1.29 is 0 Å². The fourth-order valence-corrected chi connectivity index (χ4v) is 3.29. The van der Waals surface area contributed by atoms with Crippen molar-refractivity contribution in [2.24, 2.45) is 4.99 Å². The Hall–Kier alpha value is -0.420. The van der Waals surface area contributed by atoms with Gasteiger partial charge in [0.2, 0.25) is 0 Å². The molecule has 0 aliphatic carbocycles. The molecule has 2 rings (SSSR count). The van der Waals surface area contributed by atoms with E-state index in [4.69, 9.17) is 4.99 Å². The summed E-state index contributed by atoms with van der Waals surface area (Å²) in [6, 6.07) is 0.741. The molecular formula is C16H32N4S. The topological polar surface area (TPSA) is 30.9 Å². The zero-order chi connectivity index (χ0) is 15.3. The summed E-state index contributed by atoms with van der Waals surface area (Å²) in [6.07, 6.45) is 6.22. The van der Waals surface area contributed by atoms with Gasteiger partial charge in [0.25, 0.3) is 0 Å². The predicted molar refractivity (Wildman–Crippen MR) is 94.4 cm³/mol. The van der Waals surface area contributed by atoms with Crippen molar-refractivity contribution in [2.75, 3.05) is 45.5 Å². The average molecular weight is 313 g/mol. The number of thioether (sulfide) groups is 1. The van der Waals surface area contributed by atoms with E-state index in [1.54, 1.807) is 0 Å². The average Bonchev–Trinajstić information content (AvgIpc) is 3.13. The monoisotopic (exact) mass is 312 g/mol. The van der Waals surface area contributed by atoms with Crippen LogP contribution in [0.4, 0.5) is 0 Å². The fraction of sp³-hybridized carbons (Fsp3) is 0.938. The predicted octanol–water partition coefficient (Wildman–Crippen LogP) is 2.26. The van der Waals surface area contributed by atoms with Gasteiger partial charge in [-0.1, -0.05) is 0 Å². The lowest BCUT2D eigenvalue weighted by Crippen LogP contribution is -2.43. The summed E-state index contributed by atoms with van der Waals surface area (Å²) in [7, 11) is 0. The Balaban J connectivity index is 1.93. The first-order valence-corrected chi connectivity index (χ1v) is 9.60. The maximum absolute atomic E-state index is 4.89. The summed E-state index contributed by atoms with van der Waals surface area (Å²) in [5.74, 6) is 1.11. The molecule has 122 valence electrons. The molecule has 2 heterocycles. The fourth-order valence-electron chi connectivity index (χ4n) is 3.09. The van der Waals surface area contributed by atoms with Crippen molar-refractivity contribution in [3.63, 3.8) is 0 Å². The van der Waals surface area contributed by atoms with Crippen molar-refractivity contribution in [2.45, 2.75) is 50.8 Å². The maximum atomic E-state index is 4.89. The van der Waals surface area contributed by atoms with Gasteiger partial charge in [-0.05, 0) is 59.4 Å². The molecule has 1 atom stereocenters. The zero-order valence-electron chi connectivity index (χ0n) is 14.2. The van der Waals surface area contributed by atoms with Gasteiger partial charge in [0.15, 0.2) is 5.96 Å². The molecule has 0 radical (unpaired) electrons. The van der Waals surface area contributed by atoms with Crippen molar-refractivity contribution in [1.29, 1.82) is 0 Å². The van der Waals surface area contributed by atoms with E-state index in [1.807, 2.05) is 11.8 Å². The molecule has 2 saturated heterocycles. The molecule has 4 nitrogen and oxygen atoms in total. The van der Waals surface area contributed by atoms with Gasteiger partial charge in [-0.15, -0.1) is 0 Å². The lowest BCUT2D eigenvalue weighted by Gasteiger charge is -2.26. The molecule has 0 amide bonds. The molecule has 0 bridgehead atoms. The Morgan fingerprint density at radius 1 is 1.29 bits per heavy atom. The van der Waals surface area contributed by atoms with Gasteiger partial charge in [-0.25, -0.2) is 0 Å². The number of nitrogens with one attached hydrogen (secondary N) is 1. The van der Waals surface area contributed by atoms with Gasteiger partial charge in [-0.3, -0.25) is 9.89 Å². The van der Waals surface area contributed by atoms with E-state index in [2.05, 4.69) is 42.1 Å². The largest absolute Gasteiger partial charge is 0.357 e. The number of aliphatic imine (C=N–C) groups is 1. The Kier molecular flexibility index (Phi) is 6.23. The molecule has 0 aromatic carbocycles. The molecule has 0 aromatic rings. The zero-order valence-corrected chi connectivity index (χ0v) is 15.0. The van der Waals surface area contributed by atoms with Crippen molar-refractivity contribution in [1.82, 2.24) is 15.1 Å². The lowest BCUT2D eigenvalue weighted by molar-refractivity contribution is 0.249. The van der Waals surface area contributed by atoms with Crippen molar-refractivity contribution in [3.8, 4) is 0 Å². The summed E-state index contributed by atoms with van der Waals surface area (Å²) in [5, 5.41) is 3.48. The normalized spacial score (nSPS) is 24.9. The van der Waals surface area contributed by atoms with Gasteiger partial charge in [0.05, 0.1) is 6.54 Å². The second-order valence-electron chi connectivity index (χ2n) is 6.77. The Morgan fingerprint density at radius 3 is 2.62 bits per heavy atom. The summed E-state index contributed by atoms with van der Waals surface area (Å²) in [4.78, 5) is 10.0. The molecule has 0 aromatic heterocycles. The second-order valence-corrected chi connectivity index (χ2v) is 8.28.